The van der Waals surface area contributed by atoms with Gasteiger partial charge in [-0.2, -0.15) is 5.10 Å². The van der Waals surface area contributed by atoms with Crippen LogP contribution >= 0.6 is 0 Å². The maximum Gasteiger partial charge on any atom is 0.271 e. The lowest BCUT2D eigenvalue weighted by Crippen LogP contribution is -2.19. The van der Waals surface area contributed by atoms with Crippen LogP contribution in [-0.4, -0.2) is 18.0 Å². The van der Waals surface area contributed by atoms with E-state index in [1.807, 2.05) is 56.3 Å². The molecule has 3 rings (SSSR count). The van der Waals surface area contributed by atoms with Crippen LogP contribution in [0.1, 0.15) is 29.8 Å². The molecule has 0 aliphatic carbocycles. The zero-order valence-corrected chi connectivity index (χ0v) is 15.3. The Balaban J connectivity index is 1.61. The zero-order valence-electron chi connectivity index (χ0n) is 15.3. The molecule has 0 radical (unpaired) electrons. The van der Waals surface area contributed by atoms with E-state index in [0.29, 0.717) is 11.3 Å². The largest absolute Gasteiger partial charge is 0.326 e. The number of carbonyl (C=O) groups is 2. The minimum atomic E-state index is -0.311. The van der Waals surface area contributed by atoms with Crippen LogP contribution in [0, 0.1) is 5.92 Å². The number of benzene rings is 3. The van der Waals surface area contributed by atoms with Crippen LogP contribution in [0.4, 0.5) is 5.69 Å². The van der Waals surface area contributed by atoms with Crippen LogP contribution in [0.2, 0.25) is 0 Å². The Morgan fingerprint density at radius 1 is 0.926 bits per heavy atom. The second-order valence-corrected chi connectivity index (χ2v) is 6.53. The average Bonchev–Trinajstić information content (AvgIpc) is 2.68. The molecule has 0 aromatic heterocycles. The molecule has 0 aliphatic heterocycles. The predicted molar refractivity (Wildman–Crippen MR) is 109 cm³/mol. The van der Waals surface area contributed by atoms with Gasteiger partial charge in [0.2, 0.25) is 5.91 Å². The molecule has 3 aromatic rings. The van der Waals surface area contributed by atoms with Crippen molar-refractivity contribution in [2.75, 3.05) is 5.32 Å². The first-order chi connectivity index (χ1) is 13.0. The number of hydrogen-bond donors (Lipinski definition) is 2. The second-order valence-electron chi connectivity index (χ2n) is 6.53. The van der Waals surface area contributed by atoms with Crippen LogP contribution < -0.4 is 10.7 Å². The lowest BCUT2D eigenvalue weighted by Gasteiger charge is -2.08. The van der Waals surface area contributed by atoms with Gasteiger partial charge in [0.1, 0.15) is 0 Å². The number of hydrogen-bond acceptors (Lipinski definition) is 3. The van der Waals surface area contributed by atoms with E-state index in [1.165, 1.54) is 0 Å². The van der Waals surface area contributed by atoms with E-state index in [1.54, 1.807) is 30.5 Å². The summed E-state index contributed by atoms with van der Waals surface area (Å²) in [5.41, 5.74) is 4.54. The summed E-state index contributed by atoms with van der Waals surface area (Å²) < 4.78 is 0. The van der Waals surface area contributed by atoms with Crippen molar-refractivity contribution in [1.82, 2.24) is 5.43 Å². The van der Waals surface area contributed by atoms with Crippen LogP contribution in [-0.2, 0) is 4.79 Å². The fourth-order valence-electron chi connectivity index (χ4n) is 2.51. The van der Waals surface area contributed by atoms with Crippen LogP contribution in [0.25, 0.3) is 10.8 Å². The molecule has 0 atom stereocenters. The molecule has 2 N–H and O–H groups in total. The maximum atomic E-state index is 12.2. The molecule has 0 unspecified atom stereocenters. The lowest BCUT2D eigenvalue weighted by molar-refractivity contribution is -0.118. The Kier molecular flexibility index (Phi) is 5.61. The molecule has 0 aliphatic rings. The van der Waals surface area contributed by atoms with E-state index in [4.69, 9.17) is 0 Å². The number of carbonyl (C=O) groups excluding carboxylic acids is 2. The molecule has 0 heterocycles. The summed E-state index contributed by atoms with van der Waals surface area (Å²) in [6.07, 6.45) is 1.61. The molecule has 136 valence electrons. The Morgan fingerprint density at radius 2 is 1.63 bits per heavy atom. The van der Waals surface area contributed by atoms with Crippen molar-refractivity contribution >= 4 is 34.5 Å². The van der Waals surface area contributed by atoms with Crippen molar-refractivity contribution in [3.05, 3.63) is 77.9 Å². The van der Waals surface area contributed by atoms with Gasteiger partial charge in [-0.15, -0.1) is 0 Å². The quantitative estimate of drug-likeness (QED) is 0.529. The van der Waals surface area contributed by atoms with Gasteiger partial charge in [-0.3, -0.25) is 9.59 Å². The van der Waals surface area contributed by atoms with E-state index in [9.17, 15) is 9.59 Å². The molecular formula is C22H21N3O2. The standard InChI is InChI=1S/C22H21N3O2/c1-15(2)21(26)24-20-11-9-18(10-12-20)22(27)25-23-14-16-7-8-17-5-3-4-6-19(17)13-16/h3-15H,1-2H3,(H,24,26)(H,25,27)/b23-14+. The summed E-state index contributed by atoms with van der Waals surface area (Å²) >= 11 is 0. The molecule has 3 aromatic carbocycles. The Hall–Kier alpha value is -3.47. The first-order valence-electron chi connectivity index (χ1n) is 8.76. The highest BCUT2D eigenvalue weighted by molar-refractivity contribution is 5.97. The minimum Gasteiger partial charge on any atom is -0.326 e. The number of rotatable bonds is 5. The summed E-state index contributed by atoms with van der Waals surface area (Å²) in [4.78, 5) is 23.9. The van der Waals surface area contributed by atoms with Crippen molar-refractivity contribution in [2.24, 2.45) is 11.0 Å². The number of fused-ring (bicyclic) bond motifs is 1. The minimum absolute atomic E-state index is 0.0628. The highest BCUT2D eigenvalue weighted by Gasteiger charge is 2.08. The van der Waals surface area contributed by atoms with Crippen LogP contribution in [0.3, 0.4) is 0 Å². The number of anilines is 1. The Bertz CT molecular complexity index is 992. The molecule has 2 amide bonds. The van der Waals surface area contributed by atoms with Crippen molar-refractivity contribution in [3.63, 3.8) is 0 Å². The van der Waals surface area contributed by atoms with Crippen LogP contribution in [0.5, 0.6) is 0 Å². The SMILES string of the molecule is CC(C)C(=O)Nc1ccc(C(=O)N/N=C/c2ccc3ccccc3c2)cc1. The van der Waals surface area contributed by atoms with E-state index < -0.39 is 0 Å². The summed E-state index contributed by atoms with van der Waals surface area (Å²) in [6, 6.07) is 20.7. The zero-order chi connectivity index (χ0) is 19.2. The molecular weight excluding hydrogens is 338 g/mol. The van der Waals surface area contributed by atoms with E-state index >= 15 is 0 Å². The van der Waals surface area contributed by atoms with Crippen molar-refractivity contribution in [3.8, 4) is 0 Å². The topological polar surface area (TPSA) is 70.6 Å². The molecule has 0 saturated heterocycles. The second kappa shape index (κ2) is 8.27. The van der Waals surface area contributed by atoms with Gasteiger partial charge in [0, 0.05) is 17.2 Å². The summed E-state index contributed by atoms with van der Waals surface area (Å²) in [5, 5.41) is 9.08. The summed E-state index contributed by atoms with van der Waals surface area (Å²) in [5.74, 6) is -0.474. The van der Waals surface area contributed by atoms with Gasteiger partial charge in [0.05, 0.1) is 6.21 Å². The first kappa shape index (κ1) is 18.3. The molecule has 5 nitrogen and oxygen atoms in total. The maximum absolute atomic E-state index is 12.2. The fourth-order valence-corrected chi connectivity index (χ4v) is 2.51. The summed E-state index contributed by atoms with van der Waals surface area (Å²) in [6.45, 7) is 3.65. The smallest absolute Gasteiger partial charge is 0.271 e. The summed E-state index contributed by atoms with van der Waals surface area (Å²) in [7, 11) is 0. The normalized spacial score (nSPS) is 11.1. The predicted octanol–water partition coefficient (Wildman–Crippen LogP) is 4.20. The van der Waals surface area contributed by atoms with E-state index in [-0.39, 0.29) is 17.7 Å². The molecule has 0 spiro atoms. The highest BCUT2D eigenvalue weighted by Crippen LogP contribution is 2.14. The van der Waals surface area contributed by atoms with Crippen molar-refractivity contribution in [2.45, 2.75) is 13.8 Å². The van der Waals surface area contributed by atoms with Crippen molar-refractivity contribution < 1.29 is 9.59 Å². The van der Waals surface area contributed by atoms with Gasteiger partial charge in [-0.25, -0.2) is 5.43 Å². The van der Waals surface area contributed by atoms with Gasteiger partial charge < -0.3 is 5.32 Å². The van der Waals surface area contributed by atoms with Gasteiger partial charge >= 0.3 is 0 Å². The van der Waals surface area contributed by atoms with E-state index in [0.717, 1.165) is 16.3 Å². The number of amides is 2. The number of nitrogens with zero attached hydrogens (tertiary/aromatic N) is 1. The third kappa shape index (κ3) is 4.79. The third-order valence-electron chi connectivity index (χ3n) is 4.09. The van der Waals surface area contributed by atoms with Gasteiger partial charge in [-0.1, -0.05) is 50.2 Å². The van der Waals surface area contributed by atoms with Gasteiger partial charge in [0.15, 0.2) is 0 Å². The number of hydrazone groups is 1. The lowest BCUT2D eigenvalue weighted by atomic mass is 10.1. The molecule has 5 heteroatoms. The molecule has 0 saturated carbocycles. The van der Waals surface area contributed by atoms with Crippen molar-refractivity contribution in [1.29, 1.82) is 0 Å². The van der Waals surface area contributed by atoms with Crippen LogP contribution in [0.15, 0.2) is 71.8 Å². The monoisotopic (exact) mass is 359 g/mol. The molecule has 27 heavy (non-hydrogen) atoms. The average molecular weight is 359 g/mol. The molecule has 0 bridgehead atoms. The number of nitrogens with one attached hydrogen (secondary N) is 2. The fraction of sp³-hybridized carbons (Fsp3) is 0.136. The third-order valence-corrected chi connectivity index (χ3v) is 4.09. The Morgan fingerprint density at radius 3 is 2.33 bits per heavy atom. The first-order valence-corrected chi connectivity index (χ1v) is 8.76. The Labute approximate surface area is 158 Å². The highest BCUT2D eigenvalue weighted by atomic mass is 16.2. The molecule has 0 fully saturated rings. The van der Waals surface area contributed by atoms with Gasteiger partial charge in [-0.05, 0) is 46.7 Å². The van der Waals surface area contributed by atoms with E-state index in [2.05, 4.69) is 15.8 Å². The van der Waals surface area contributed by atoms with Gasteiger partial charge in [0.25, 0.3) is 5.91 Å².